The molecule has 2 atom stereocenters. The van der Waals surface area contributed by atoms with Gasteiger partial charge >= 0.3 is 0 Å². The topological polar surface area (TPSA) is 79.2 Å². The number of halogens is 1. The highest BCUT2D eigenvalue weighted by Gasteiger charge is 2.29. The van der Waals surface area contributed by atoms with Crippen LogP contribution in [-0.4, -0.2) is 45.9 Å². The van der Waals surface area contributed by atoms with Gasteiger partial charge in [-0.1, -0.05) is 44.2 Å². The Morgan fingerprint density at radius 3 is 2.67 bits per heavy atom. The van der Waals surface area contributed by atoms with Crippen LogP contribution in [-0.2, 0) is 13.0 Å². The highest BCUT2D eigenvalue weighted by atomic mass is 127. The zero-order chi connectivity index (χ0) is 20.7. The molecular formula is C22H36IN7. The van der Waals surface area contributed by atoms with Crippen molar-refractivity contribution in [2.24, 2.45) is 4.99 Å². The molecule has 2 aromatic rings. The lowest BCUT2D eigenvalue weighted by atomic mass is 9.90. The Labute approximate surface area is 197 Å². The Morgan fingerprint density at radius 2 is 2.00 bits per heavy atom. The number of benzene rings is 1. The van der Waals surface area contributed by atoms with E-state index in [1.807, 2.05) is 11.7 Å². The van der Waals surface area contributed by atoms with E-state index in [9.17, 15) is 0 Å². The standard InChI is InChI=1S/C22H35N7.HI/c1-5-22(6-2,28-17(3)18-10-8-7-9-11-18)15-24-21(23-4)27-19-12-13-20-25-16-26-29(20)14-19;/h7-11,16-17,19,28H,5-6,12-15H2,1-4H3,(H2,23,24,27);1H. The maximum absolute atomic E-state index is 4.46. The van der Waals surface area contributed by atoms with E-state index >= 15 is 0 Å². The van der Waals surface area contributed by atoms with Crippen LogP contribution >= 0.6 is 24.0 Å². The molecule has 0 fully saturated rings. The zero-order valence-corrected chi connectivity index (χ0v) is 20.9. The first kappa shape index (κ1) is 24.6. The number of hydrogen-bond acceptors (Lipinski definition) is 4. The number of nitrogens with one attached hydrogen (secondary N) is 3. The molecule has 0 aliphatic carbocycles. The highest BCUT2D eigenvalue weighted by molar-refractivity contribution is 14.0. The van der Waals surface area contributed by atoms with Crippen LogP contribution in [0.2, 0.25) is 0 Å². The smallest absolute Gasteiger partial charge is 0.191 e. The zero-order valence-electron chi connectivity index (χ0n) is 18.6. The lowest BCUT2D eigenvalue weighted by Crippen LogP contribution is -2.56. The van der Waals surface area contributed by atoms with Crippen molar-refractivity contribution < 1.29 is 0 Å². The summed E-state index contributed by atoms with van der Waals surface area (Å²) in [5.41, 5.74) is 1.31. The van der Waals surface area contributed by atoms with Crippen molar-refractivity contribution in [2.75, 3.05) is 13.6 Å². The van der Waals surface area contributed by atoms with Crippen molar-refractivity contribution in [1.82, 2.24) is 30.7 Å². The van der Waals surface area contributed by atoms with Crippen LogP contribution in [0.4, 0.5) is 0 Å². The summed E-state index contributed by atoms with van der Waals surface area (Å²) >= 11 is 0. The minimum absolute atomic E-state index is 0. The molecule has 1 aromatic carbocycles. The highest BCUT2D eigenvalue weighted by Crippen LogP contribution is 2.21. The van der Waals surface area contributed by atoms with Gasteiger partial charge in [-0.25, -0.2) is 9.67 Å². The van der Waals surface area contributed by atoms with Gasteiger partial charge in [0.05, 0.1) is 6.54 Å². The molecular weight excluding hydrogens is 489 g/mol. The number of nitrogens with zero attached hydrogens (tertiary/aromatic N) is 4. The van der Waals surface area contributed by atoms with Gasteiger partial charge in [0, 0.05) is 37.6 Å². The SMILES string of the molecule is CCC(CC)(CNC(=NC)NC1CCc2ncnn2C1)NC(C)c1ccccc1.I. The first-order valence-electron chi connectivity index (χ1n) is 10.8. The Kier molecular flexibility index (Phi) is 9.54. The summed E-state index contributed by atoms with van der Waals surface area (Å²) in [7, 11) is 1.83. The minimum atomic E-state index is -0.00147. The minimum Gasteiger partial charge on any atom is -0.355 e. The van der Waals surface area contributed by atoms with Crippen molar-refractivity contribution in [1.29, 1.82) is 0 Å². The van der Waals surface area contributed by atoms with Crippen molar-refractivity contribution in [3.8, 4) is 0 Å². The van der Waals surface area contributed by atoms with E-state index in [4.69, 9.17) is 0 Å². The number of aryl methyl sites for hydroxylation is 1. The van der Waals surface area contributed by atoms with E-state index in [0.717, 1.165) is 50.6 Å². The summed E-state index contributed by atoms with van der Waals surface area (Å²) in [6.45, 7) is 8.38. The van der Waals surface area contributed by atoms with E-state index in [2.05, 4.69) is 82.1 Å². The summed E-state index contributed by atoms with van der Waals surface area (Å²) in [5.74, 6) is 1.92. The molecule has 0 amide bonds. The summed E-state index contributed by atoms with van der Waals surface area (Å²) in [6, 6.07) is 11.2. The molecule has 0 radical (unpaired) electrons. The molecule has 0 bridgehead atoms. The Hall–Kier alpha value is -1.68. The van der Waals surface area contributed by atoms with Crippen LogP contribution in [0.25, 0.3) is 0 Å². The molecule has 2 unspecified atom stereocenters. The molecule has 2 heterocycles. The summed E-state index contributed by atoms with van der Waals surface area (Å²) < 4.78 is 1.99. The van der Waals surface area contributed by atoms with E-state index < -0.39 is 0 Å². The lowest BCUT2D eigenvalue weighted by Gasteiger charge is -2.37. The van der Waals surface area contributed by atoms with Gasteiger partial charge in [0.25, 0.3) is 0 Å². The fourth-order valence-corrected chi connectivity index (χ4v) is 4.04. The quantitative estimate of drug-likeness (QED) is 0.280. The number of guanidine groups is 1. The van der Waals surface area contributed by atoms with Crippen molar-refractivity contribution in [2.45, 2.75) is 70.6 Å². The second-order valence-corrected chi connectivity index (χ2v) is 7.93. The average molecular weight is 525 g/mol. The second kappa shape index (κ2) is 11.6. The molecule has 3 N–H and O–H groups in total. The monoisotopic (exact) mass is 525 g/mol. The van der Waals surface area contributed by atoms with Gasteiger partial charge in [-0.3, -0.25) is 4.99 Å². The predicted octanol–water partition coefficient (Wildman–Crippen LogP) is 3.29. The number of aliphatic imine (C=N–C) groups is 1. The molecule has 8 heteroatoms. The molecule has 30 heavy (non-hydrogen) atoms. The largest absolute Gasteiger partial charge is 0.355 e. The van der Waals surface area contributed by atoms with Gasteiger partial charge in [-0.2, -0.15) is 5.10 Å². The normalized spacial score (nSPS) is 17.6. The number of rotatable bonds is 8. The molecule has 0 saturated heterocycles. The van der Waals surface area contributed by atoms with Gasteiger partial charge in [0.1, 0.15) is 12.2 Å². The predicted molar refractivity (Wildman–Crippen MR) is 133 cm³/mol. The first-order valence-corrected chi connectivity index (χ1v) is 10.8. The molecule has 1 aliphatic heterocycles. The molecule has 1 aliphatic rings. The third kappa shape index (κ3) is 6.16. The summed E-state index contributed by atoms with van der Waals surface area (Å²) in [4.78, 5) is 8.76. The molecule has 0 spiro atoms. The molecule has 166 valence electrons. The average Bonchev–Trinajstić information content (AvgIpc) is 3.24. The molecule has 7 nitrogen and oxygen atoms in total. The maximum atomic E-state index is 4.46. The number of aromatic nitrogens is 3. The van der Waals surface area contributed by atoms with Gasteiger partial charge in [-0.15, -0.1) is 24.0 Å². The van der Waals surface area contributed by atoms with Crippen LogP contribution in [0.15, 0.2) is 41.7 Å². The fourth-order valence-electron chi connectivity index (χ4n) is 4.04. The van der Waals surface area contributed by atoms with Crippen molar-refractivity contribution in [3.63, 3.8) is 0 Å². The third-order valence-corrected chi connectivity index (χ3v) is 6.14. The summed E-state index contributed by atoms with van der Waals surface area (Å²) in [6.07, 6.45) is 5.70. The third-order valence-electron chi connectivity index (χ3n) is 6.14. The number of fused-ring (bicyclic) bond motifs is 1. The van der Waals surface area contributed by atoms with Crippen molar-refractivity contribution >= 4 is 29.9 Å². The van der Waals surface area contributed by atoms with Gasteiger partial charge in [0.15, 0.2) is 5.96 Å². The van der Waals surface area contributed by atoms with Crippen LogP contribution in [0.3, 0.4) is 0 Å². The van der Waals surface area contributed by atoms with Crippen LogP contribution in [0.5, 0.6) is 0 Å². The van der Waals surface area contributed by atoms with E-state index in [0.29, 0.717) is 6.04 Å². The fraction of sp³-hybridized carbons (Fsp3) is 0.591. The Bertz CT molecular complexity index is 786. The Balaban J connectivity index is 0.00000320. The van der Waals surface area contributed by atoms with E-state index in [-0.39, 0.29) is 35.6 Å². The van der Waals surface area contributed by atoms with E-state index in [1.165, 1.54) is 5.56 Å². The number of hydrogen-bond donors (Lipinski definition) is 3. The maximum Gasteiger partial charge on any atom is 0.191 e. The molecule has 3 rings (SSSR count). The van der Waals surface area contributed by atoms with E-state index in [1.54, 1.807) is 6.33 Å². The van der Waals surface area contributed by atoms with Crippen LogP contribution in [0, 0.1) is 0 Å². The lowest BCUT2D eigenvalue weighted by molar-refractivity contribution is 0.270. The molecule has 1 aromatic heterocycles. The van der Waals surface area contributed by atoms with Crippen LogP contribution in [0.1, 0.15) is 57.5 Å². The van der Waals surface area contributed by atoms with Crippen LogP contribution < -0.4 is 16.0 Å². The second-order valence-electron chi connectivity index (χ2n) is 7.93. The van der Waals surface area contributed by atoms with Crippen molar-refractivity contribution in [3.05, 3.63) is 48.0 Å². The summed E-state index contributed by atoms with van der Waals surface area (Å²) in [5, 5.41) is 15.3. The Morgan fingerprint density at radius 1 is 1.27 bits per heavy atom. The van der Waals surface area contributed by atoms with Gasteiger partial charge in [-0.05, 0) is 31.7 Å². The first-order chi connectivity index (χ1) is 14.1. The van der Waals surface area contributed by atoms with Gasteiger partial charge < -0.3 is 16.0 Å². The molecule has 0 saturated carbocycles. The van der Waals surface area contributed by atoms with Gasteiger partial charge in [0.2, 0.25) is 0 Å².